The van der Waals surface area contributed by atoms with E-state index < -0.39 is 41.3 Å². The van der Waals surface area contributed by atoms with E-state index in [9.17, 15) is 34.1 Å². The summed E-state index contributed by atoms with van der Waals surface area (Å²) < 4.78 is 10.4. The summed E-state index contributed by atoms with van der Waals surface area (Å²) in [7, 11) is 1.45. The van der Waals surface area contributed by atoms with Gasteiger partial charge < -0.3 is 28.9 Å². The van der Waals surface area contributed by atoms with E-state index in [1.807, 2.05) is 0 Å². The van der Waals surface area contributed by atoms with E-state index in [1.165, 1.54) is 72.2 Å². The van der Waals surface area contributed by atoms with Crippen molar-refractivity contribution >= 4 is 35.5 Å². The maximum atomic E-state index is 13.5. The summed E-state index contributed by atoms with van der Waals surface area (Å²) in [6, 6.07) is 4.95. The number of nitrogens with zero attached hydrogens (tertiary/aromatic N) is 6. The van der Waals surface area contributed by atoms with Crippen LogP contribution in [0.2, 0.25) is 0 Å². The molecule has 0 saturated carbocycles. The van der Waals surface area contributed by atoms with E-state index in [4.69, 9.17) is 24.0 Å². The molecule has 0 atom stereocenters. The van der Waals surface area contributed by atoms with Crippen molar-refractivity contribution in [1.82, 2.24) is 25.0 Å². The van der Waals surface area contributed by atoms with E-state index in [-0.39, 0.29) is 83.5 Å². The Balaban J connectivity index is 2.17. The molecule has 0 bridgehead atoms. The molecule has 18 nitrogen and oxygen atoms in total. The van der Waals surface area contributed by atoms with Gasteiger partial charge in [-0.25, -0.2) is 4.79 Å². The van der Waals surface area contributed by atoms with Crippen LogP contribution in [-0.4, -0.2) is 145 Å². The van der Waals surface area contributed by atoms with Gasteiger partial charge in [0, 0.05) is 72.7 Å². The molecule has 0 unspecified atom stereocenters. The highest BCUT2D eigenvalue weighted by molar-refractivity contribution is 5.84. The number of hydrogen-bond acceptors (Lipinski definition) is 16. The third kappa shape index (κ3) is 14.9. The second-order valence-electron chi connectivity index (χ2n) is 9.84. The van der Waals surface area contributed by atoms with Crippen LogP contribution < -0.4 is 4.74 Å². The number of methoxy groups -OCH3 is 1. The molecule has 1 aromatic carbocycles. The topological polar surface area (TPSA) is 191 Å². The van der Waals surface area contributed by atoms with Gasteiger partial charge in [0.1, 0.15) is 12.3 Å². The Hall–Kier alpha value is -4.23. The smallest absolute Gasteiger partial charge is 0.331 e. The Kier molecular flexibility index (Phi) is 15.8. The van der Waals surface area contributed by atoms with Crippen molar-refractivity contribution in [2.24, 2.45) is 0 Å². The van der Waals surface area contributed by atoms with Gasteiger partial charge in [-0.1, -0.05) is 0 Å². The number of hydroxylamine groups is 6. The maximum absolute atomic E-state index is 13.5. The minimum atomic E-state index is -0.763. The van der Waals surface area contributed by atoms with Crippen molar-refractivity contribution in [1.29, 1.82) is 0 Å². The van der Waals surface area contributed by atoms with E-state index in [1.54, 1.807) is 4.90 Å². The van der Waals surface area contributed by atoms with E-state index in [2.05, 4.69) is 0 Å². The van der Waals surface area contributed by atoms with Crippen LogP contribution in [0.1, 0.15) is 20.8 Å². The van der Waals surface area contributed by atoms with E-state index in [0.717, 1.165) is 0 Å². The van der Waals surface area contributed by atoms with Gasteiger partial charge in [0.2, 0.25) is 5.91 Å². The van der Waals surface area contributed by atoms with Gasteiger partial charge in [0.15, 0.2) is 0 Å². The molecule has 1 amide bonds. The first-order chi connectivity index (χ1) is 21.4. The predicted octanol–water partition coefficient (Wildman–Crippen LogP) is -0.369. The highest BCUT2D eigenvalue weighted by Crippen LogP contribution is 2.17. The lowest BCUT2D eigenvalue weighted by atomic mass is 10.3. The molecule has 1 fully saturated rings. The summed E-state index contributed by atoms with van der Waals surface area (Å²) in [4.78, 5) is 90.4. The molecule has 0 N–H and O–H groups in total. The first kappa shape index (κ1) is 37.0. The molecule has 1 aromatic rings. The average Bonchev–Trinajstić information content (AvgIpc) is 2.95. The molecule has 0 aromatic heterocycles. The van der Waals surface area contributed by atoms with Gasteiger partial charge >= 0.3 is 23.9 Å². The standard InChI is InChI=1S/C27H40N6O12/c1-21(34)43-30-11-9-28(10-12-31(44-22(2)35)14-16-32(15-13-30)45-23(3)36)19-26(37)29(17-18-41-4)20-27(38)42-25-7-5-24(6-8-25)33(39)40/h5-8H,9-20H2,1-4H3. The third-order valence-electron chi connectivity index (χ3n) is 6.18. The van der Waals surface area contributed by atoms with Crippen molar-refractivity contribution < 1.29 is 52.9 Å². The number of hydrogen-bond donors (Lipinski definition) is 0. The largest absolute Gasteiger partial charge is 0.425 e. The molecule has 0 aliphatic carbocycles. The quantitative estimate of drug-likeness (QED) is 0.124. The molecular formula is C27H40N6O12. The lowest BCUT2D eigenvalue weighted by Crippen LogP contribution is -2.50. The van der Waals surface area contributed by atoms with Gasteiger partial charge in [-0.15, -0.1) is 15.2 Å². The second-order valence-corrected chi connectivity index (χ2v) is 9.84. The number of non-ortho nitro benzene ring substituents is 1. The second kappa shape index (κ2) is 19.2. The van der Waals surface area contributed by atoms with Crippen molar-refractivity contribution in [3.05, 3.63) is 34.4 Å². The Bertz CT molecular complexity index is 1140. The zero-order valence-corrected chi connectivity index (χ0v) is 25.9. The first-order valence-corrected chi connectivity index (χ1v) is 14.1. The van der Waals surface area contributed by atoms with Crippen LogP contribution in [0.15, 0.2) is 24.3 Å². The molecular weight excluding hydrogens is 600 g/mol. The Morgan fingerprint density at radius 3 is 1.62 bits per heavy atom. The monoisotopic (exact) mass is 640 g/mol. The fourth-order valence-corrected chi connectivity index (χ4v) is 4.12. The van der Waals surface area contributed by atoms with Crippen LogP contribution in [-0.2, 0) is 43.2 Å². The highest BCUT2D eigenvalue weighted by Gasteiger charge is 2.25. The predicted molar refractivity (Wildman–Crippen MR) is 154 cm³/mol. The summed E-state index contributed by atoms with van der Waals surface area (Å²) in [5.41, 5.74) is -0.168. The van der Waals surface area contributed by atoms with Gasteiger partial charge in [-0.05, 0) is 12.1 Å². The number of rotatable bonds is 12. The normalized spacial score (nSPS) is 16.0. The number of carbonyl (C=O) groups is 5. The third-order valence-corrected chi connectivity index (χ3v) is 6.18. The molecule has 0 spiro atoms. The minimum Gasteiger partial charge on any atom is -0.425 e. The van der Waals surface area contributed by atoms with Gasteiger partial charge in [-0.3, -0.25) is 34.2 Å². The average molecular weight is 641 g/mol. The minimum absolute atomic E-state index is 0.0731. The lowest BCUT2D eigenvalue weighted by molar-refractivity contribution is -0.384. The zero-order chi connectivity index (χ0) is 33.4. The Labute approximate surface area is 260 Å². The molecule has 1 heterocycles. The highest BCUT2D eigenvalue weighted by atomic mass is 16.7. The van der Waals surface area contributed by atoms with Crippen LogP contribution >= 0.6 is 0 Å². The molecule has 1 aliphatic rings. The summed E-state index contributed by atoms with van der Waals surface area (Å²) in [5.74, 6) is -2.76. The van der Waals surface area contributed by atoms with Crippen molar-refractivity contribution in [3.63, 3.8) is 0 Å². The summed E-state index contributed by atoms with van der Waals surface area (Å²) in [6.07, 6.45) is 0. The van der Waals surface area contributed by atoms with Crippen molar-refractivity contribution in [2.75, 3.05) is 85.7 Å². The Morgan fingerprint density at radius 1 is 0.778 bits per heavy atom. The van der Waals surface area contributed by atoms with Gasteiger partial charge in [0.25, 0.3) is 5.69 Å². The number of benzene rings is 1. The zero-order valence-electron chi connectivity index (χ0n) is 25.9. The molecule has 18 heteroatoms. The molecule has 0 radical (unpaired) electrons. The number of carbonyl (C=O) groups excluding carboxylic acids is 5. The molecule has 1 saturated heterocycles. The van der Waals surface area contributed by atoms with Crippen LogP contribution in [0.4, 0.5) is 5.69 Å². The SMILES string of the molecule is COCCN(CC(=O)Oc1ccc([N+](=O)[O-])cc1)C(=O)CN1CCN(OC(C)=O)CCN(OC(C)=O)CCN(OC(C)=O)CC1. The molecule has 45 heavy (non-hydrogen) atoms. The summed E-state index contributed by atoms with van der Waals surface area (Å²) in [6.45, 7) is 4.86. The lowest BCUT2D eigenvalue weighted by Gasteiger charge is -2.32. The fourth-order valence-electron chi connectivity index (χ4n) is 4.12. The van der Waals surface area contributed by atoms with Crippen LogP contribution in [0.3, 0.4) is 0 Å². The number of esters is 1. The number of nitro benzene ring substituents is 1. The summed E-state index contributed by atoms with van der Waals surface area (Å²) >= 11 is 0. The van der Waals surface area contributed by atoms with Crippen LogP contribution in [0.25, 0.3) is 0 Å². The maximum Gasteiger partial charge on any atom is 0.331 e. The van der Waals surface area contributed by atoms with Crippen molar-refractivity contribution in [3.8, 4) is 5.75 Å². The first-order valence-electron chi connectivity index (χ1n) is 14.1. The molecule has 1 aliphatic heterocycles. The number of nitro groups is 1. The Morgan fingerprint density at radius 2 is 1.22 bits per heavy atom. The van der Waals surface area contributed by atoms with Gasteiger partial charge in [-0.2, -0.15) is 0 Å². The van der Waals surface area contributed by atoms with E-state index >= 15 is 0 Å². The van der Waals surface area contributed by atoms with Crippen LogP contribution in [0, 0.1) is 10.1 Å². The fraction of sp³-hybridized carbons (Fsp3) is 0.593. The van der Waals surface area contributed by atoms with E-state index in [0.29, 0.717) is 0 Å². The molecule has 2 rings (SSSR count). The van der Waals surface area contributed by atoms with Crippen molar-refractivity contribution in [2.45, 2.75) is 20.8 Å². The number of ether oxygens (including phenoxy) is 2. The van der Waals surface area contributed by atoms with Crippen LogP contribution in [0.5, 0.6) is 5.75 Å². The van der Waals surface area contributed by atoms with Gasteiger partial charge in [0.05, 0.1) is 44.3 Å². The molecule has 250 valence electrons. The number of amides is 1. The summed E-state index contributed by atoms with van der Waals surface area (Å²) in [5, 5.41) is 15.0.